The lowest BCUT2D eigenvalue weighted by Gasteiger charge is -2.30. The Balaban J connectivity index is 1.36. The molecule has 2 aliphatic rings. The van der Waals surface area contributed by atoms with Crippen LogP contribution in [0.4, 0.5) is 0 Å². The quantitative estimate of drug-likeness (QED) is 0.127. The number of carbonyl (C=O) groups excluding carboxylic acids is 1. The SMILES string of the molecule is O=C(NNC1CC1)[C@@]1(C/C=C/c2ccccc2)N=C(c2ccc(OCCCO)cc2)O[C@H]1c1ccc(-c2ccccc2)cc1. The van der Waals surface area contributed by atoms with Gasteiger partial charge in [0.25, 0.3) is 5.91 Å². The number of aliphatic hydroxyl groups is 1. The summed E-state index contributed by atoms with van der Waals surface area (Å²) in [7, 11) is 0. The van der Waals surface area contributed by atoms with Crippen LogP contribution in [0.25, 0.3) is 17.2 Å². The largest absolute Gasteiger partial charge is 0.494 e. The van der Waals surface area contributed by atoms with Gasteiger partial charge in [-0.3, -0.25) is 10.2 Å². The predicted molar refractivity (Wildman–Crippen MR) is 173 cm³/mol. The van der Waals surface area contributed by atoms with Crippen LogP contribution in [0.2, 0.25) is 0 Å². The molecule has 1 heterocycles. The number of aliphatic imine (C=N–C) groups is 1. The van der Waals surface area contributed by atoms with E-state index in [0.717, 1.165) is 40.7 Å². The van der Waals surface area contributed by atoms with Crippen molar-refractivity contribution in [2.45, 2.75) is 43.4 Å². The van der Waals surface area contributed by atoms with E-state index in [2.05, 4.69) is 35.1 Å². The van der Waals surface area contributed by atoms with Crippen molar-refractivity contribution in [3.05, 3.63) is 132 Å². The Bertz CT molecular complexity index is 1580. The van der Waals surface area contributed by atoms with Crippen LogP contribution in [-0.2, 0) is 9.53 Å². The smallest absolute Gasteiger partial charge is 0.266 e. The second-order valence-corrected chi connectivity index (χ2v) is 11.2. The first-order valence-corrected chi connectivity index (χ1v) is 15.2. The number of hydrogen-bond acceptors (Lipinski definition) is 6. The van der Waals surface area contributed by atoms with E-state index in [1.54, 1.807) is 0 Å². The van der Waals surface area contributed by atoms with Crippen molar-refractivity contribution < 1.29 is 19.4 Å². The predicted octanol–water partition coefficient (Wildman–Crippen LogP) is 6.26. The lowest BCUT2D eigenvalue weighted by Crippen LogP contribution is -2.53. The highest BCUT2D eigenvalue weighted by Crippen LogP contribution is 2.43. The van der Waals surface area contributed by atoms with Crippen LogP contribution in [-0.4, -0.2) is 41.7 Å². The number of rotatable bonds is 13. The van der Waals surface area contributed by atoms with Crippen molar-refractivity contribution in [3.63, 3.8) is 0 Å². The fourth-order valence-electron chi connectivity index (χ4n) is 5.24. The van der Waals surface area contributed by atoms with E-state index in [0.29, 0.717) is 31.1 Å². The molecule has 0 radical (unpaired) electrons. The van der Waals surface area contributed by atoms with Crippen molar-refractivity contribution in [3.8, 4) is 16.9 Å². The number of aliphatic hydroxyl groups excluding tert-OH is 1. The summed E-state index contributed by atoms with van der Waals surface area (Å²) in [6, 6.07) is 36.2. The third kappa shape index (κ3) is 6.91. The maximum absolute atomic E-state index is 14.2. The molecule has 224 valence electrons. The Morgan fingerprint density at radius 1 is 0.886 bits per heavy atom. The third-order valence-corrected chi connectivity index (χ3v) is 7.86. The Kier molecular flexibility index (Phi) is 9.15. The van der Waals surface area contributed by atoms with Gasteiger partial charge in [0.1, 0.15) is 5.75 Å². The zero-order valence-corrected chi connectivity index (χ0v) is 24.6. The first-order chi connectivity index (χ1) is 21.6. The summed E-state index contributed by atoms with van der Waals surface area (Å²) in [4.78, 5) is 19.2. The Morgan fingerprint density at radius 2 is 1.55 bits per heavy atom. The Morgan fingerprint density at radius 3 is 2.23 bits per heavy atom. The minimum absolute atomic E-state index is 0.0783. The fourth-order valence-corrected chi connectivity index (χ4v) is 5.24. The summed E-state index contributed by atoms with van der Waals surface area (Å²) in [6.45, 7) is 0.508. The monoisotopic (exact) mass is 587 g/mol. The van der Waals surface area contributed by atoms with Crippen LogP contribution in [0.3, 0.4) is 0 Å². The molecule has 1 saturated carbocycles. The van der Waals surface area contributed by atoms with Gasteiger partial charge in [0.2, 0.25) is 5.90 Å². The molecule has 1 aliphatic carbocycles. The van der Waals surface area contributed by atoms with E-state index in [1.807, 2.05) is 97.1 Å². The Hall–Kier alpha value is -4.72. The zero-order valence-electron chi connectivity index (χ0n) is 24.6. The molecular formula is C37H37N3O4. The first-order valence-electron chi connectivity index (χ1n) is 15.2. The summed E-state index contributed by atoms with van der Waals surface area (Å²) in [5.41, 5.74) is 9.75. The highest BCUT2D eigenvalue weighted by Gasteiger charge is 2.52. The third-order valence-electron chi connectivity index (χ3n) is 7.86. The van der Waals surface area contributed by atoms with Gasteiger partial charge < -0.3 is 14.6 Å². The van der Waals surface area contributed by atoms with E-state index in [4.69, 9.17) is 19.6 Å². The summed E-state index contributed by atoms with van der Waals surface area (Å²) in [5.74, 6) is 0.856. The number of amides is 1. The minimum atomic E-state index is -1.26. The summed E-state index contributed by atoms with van der Waals surface area (Å²) < 4.78 is 12.3. The molecule has 0 bridgehead atoms. The highest BCUT2D eigenvalue weighted by atomic mass is 16.5. The molecule has 0 unspecified atom stereocenters. The molecule has 1 aliphatic heterocycles. The normalized spacial score (nSPS) is 19.4. The van der Waals surface area contributed by atoms with Gasteiger partial charge in [-0.05, 0) is 59.4 Å². The van der Waals surface area contributed by atoms with Gasteiger partial charge in [0, 0.05) is 31.1 Å². The van der Waals surface area contributed by atoms with Crippen LogP contribution in [0.15, 0.2) is 120 Å². The average molecular weight is 588 g/mol. The molecule has 1 amide bonds. The lowest BCUT2D eigenvalue weighted by molar-refractivity contribution is -0.129. The summed E-state index contributed by atoms with van der Waals surface area (Å²) in [6.07, 6.45) is 6.31. The molecular weight excluding hydrogens is 550 g/mol. The van der Waals surface area contributed by atoms with Crippen molar-refractivity contribution in [1.82, 2.24) is 10.9 Å². The maximum atomic E-state index is 14.2. The number of benzene rings is 4. The van der Waals surface area contributed by atoms with Crippen LogP contribution < -0.4 is 15.6 Å². The van der Waals surface area contributed by atoms with Gasteiger partial charge in [-0.15, -0.1) is 0 Å². The molecule has 1 fully saturated rings. The van der Waals surface area contributed by atoms with E-state index < -0.39 is 11.6 Å². The molecule has 7 heteroatoms. The summed E-state index contributed by atoms with van der Waals surface area (Å²) in [5, 5.41) is 9.06. The van der Waals surface area contributed by atoms with Crippen LogP contribution in [0.5, 0.6) is 5.75 Å². The molecule has 44 heavy (non-hydrogen) atoms. The molecule has 6 rings (SSSR count). The molecule has 3 N–H and O–H groups in total. The second kappa shape index (κ2) is 13.7. The highest BCUT2D eigenvalue weighted by molar-refractivity contribution is 6.01. The van der Waals surface area contributed by atoms with Gasteiger partial charge >= 0.3 is 0 Å². The standard InChI is InChI=1S/C37H37N3O4/c41-25-8-26-43-33-22-18-31(19-23-33)35-38-37(36(42)40-39-32-20-21-32,24-7-11-27-9-3-1-4-10-27)34(44-35)30-16-14-29(15-17-30)28-12-5-2-6-13-28/h1-7,9-19,22-23,32,34,39,41H,8,20-21,24-26H2,(H,40,42)/b11-7+/t34-,37-/m0/s1. The number of ether oxygens (including phenoxy) is 2. The van der Waals surface area contributed by atoms with E-state index in [1.165, 1.54) is 0 Å². The lowest BCUT2D eigenvalue weighted by atomic mass is 9.84. The maximum Gasteiger partial charge on any atom is 0.266 e. The van der Waals surface area contributed by atoms with Gasteiger partial charge in [-0.2, -0.15) is 0 Å². The number of carbonyl (C=O) groups is 1. The number of hydrogen-bond donors (Lipinski definition) is 3. The van der Waals surface area contributed by atoms with Crippen LogP contribution in [0.1, 0.15) is 48.5 Å². The number of nitrogens with one attached hydrogen (secondary N) is 2. The van der Waals surface area contributed by atoms with Gasteiger partial charge in [0.05, 0.1) is 6.61 Å². The topological polar surface area (TPSA) is 92.2 Å². The first kappa shape index (κ1) is 29.4. The van der Waals surface area contributed by atoms with Gasteiger partial charge in [0.15, 0.2) is 11.6 Å². The van der Waals surface area contributed by atoms with Gasteiger partial charge in [-0.1, -0.05) is 97.1 Å². The average Bonchev–Trinajstić information content (AvgIpc) is 3.83. The molecule has 4 aromatic rings. The van der Waals surface area contributed by atoms with E-state index >= 15 is 0 Å². The minimum Gasteiger partial charge on any atom is -0.494 e. The van der Waals surface area contributed by atoms with E-state index in [-0.39, 0.29) is 18.6 Å². The van der Waals surface area contributed by atoms with Crippen molar-refractivity contribution in [1.29, 1.82) is 0 Å². The molecule has 0 aromatic heterocycles. The van der Waals surface area contributed by atoms with Crippen LogP contribution in [0, 0.1) is 0 Å². The zero-order chi connectivity index (χ0) is 30.2. The number of hydrazine groups is 1. The van der Waals surface area contributed by atoms with E-state index in [9.17, 15) is 4.79 Å². The van der Waals surface area contributed by atoms with Crippen molar-refractivity contribution >= 4 is 17.9 Å². The van der Waals surface area contributed by atoms with Gasteiger partial charge in [-0.25, -0.2) is 10.4 Å². The van der Waals surface area contributed by atoms with Crippen molar-refractivity contribution in [2.24, 2.45) is 4.99 Å². The molecule has 7 nitrogen and oxygen atoms in total. The Labute approximate surface area is 258 Å². The molecule has 2 atom stereocenters. The van der Waals surface area contributed by atoms with Crippen molar-refractivity contribution in [2.75, 3.05) is 13.2 Å². The summed E-state index contributed by atoms with van der Waals surface area (Å²) >= 11 is 0. The van der Waals surface area contributed by atoms with Crippen LogP contribution >= 0.6 is 0 Å². The number of nitrogens with zero attached hydrogens (tertiary/aromatic N) is 1. The molecule has 4 aromatic carbocycles. The molecule has 0 spiro atoms. The fraction of sp³-hybridized carbons (Fsp3) is 0.243. The molecule has 0 saturated heterocycles. The second-order valence-electron chi connectivity index (χ2n) is 11.2.